The maximum atomic E-state index is 12.7. The number of H-pyrrole nitrogens is 2. The first-order valence-corrected chi connectivity index (χ1v) is 7.22. The van der Waals surface area contributed by atoms with E-state index >= 15 is 0 Å². The van der Waals surface area contributed by atoms with Gasteiger partial charge in [-0.2, -0.15) is 0 Å². The highest BCUT2D eigenvalue weighted by Crippen LogP contribution is 2.69. The van der Waals surface area contributed by atoms with E-state index in [9.17, 15) is 14.4 Å². The standard InChI is InChI=1S/C14H17N3O4/c1-21-10-5-14(4-8(10)14)12(19)17-3-2-7-9(6-17)15-13(20)16-11(7)18/h8,10H,2-6H2,1H3,(H2,15,16,18,20)/t8-,10+,14-/m0/s1. The number of nitrogens with one attached hydrogen (secondary N) is 2. The summed E-state index contributed by atoms with van der Waals surface area (Å²) < 4.78 is 5.33. The van der Waals surface area contributed by atoms with E-state index in [4.69, 9.17) is 4.74 Å². The Balaban J connectivity index is 1.56. The molecule has 21 heavy (non-hydrogen) atoms. The van der Waals surface area contributed by atoms with E-state index in [1.807, 2.05) is 0 Å². The largest absolute Gasteiger partial charge is 0.381 e. The number of nitrogens with zero attached hydrogens (tertiary/aromatic N) is 1. The predicted molar refractivity (Wildman–Crippen MR) is 72.8 cm³/mol. The van der Waals surface area contributed by atoms with Crippen LogP contribution in [0.3, 0.4) is 0 Å². The fraction of sp³-hybridized carbons (Fsp3) is 0.643. The van der Waals surface area contributed by atoms with Gasteiger partial charge >= 0.3 is 5.69 Å². The number of hydrogen-bond acceptors (Lipinski definition) is 4. The first-order valence-electron chi connectivity index (χ1n) is 7.22. The minimum absolute atomic E-state index is 0.146. The van der Waals surface area contributed by atoms with Crippen LogP contribution in [0.25, 0.3) is 0 Å². The molecule has 3 aliphatic rings. The summed E-state index contributed by atoms with van der Waals surface area (Å²) in [6.07, 6.45) is 2.40. The molecule has 2 saturated carbocycles. The lowest BCUT2D eigenvalue weighted by Gasteiger charge is -2.37. The molecule has 2 N–H and O–H groups in total. The van der Waals surface area contributed by atoms with Gasteiger partial charge in [0.25, 0.3) is 5.56 Å². The van der Waals surface area contributed by atoms with Crippen molar-refractivity contribution >= 4 is 5.91 Å². The molecule has 0 saturated heterocycles. The second kappa shape index (κ2) is 4.07. The highest BCUT2D eigenvalue weighted by atomic mass is 16.5. The molecule has 1 aromatic rings. The van der Waals surface area contributed by atoms with E-state index in [0.29, 0.717) is 36.7 Å². The Kier molecular flexibility index (Phi) is 2.48. The Bertz CT molecular complexity index is 736. The molecule has 2 fully saturated rings. The van der Waals surface area contributed by atoms with Gasteiger partial charge in [0.1, 0.15) is 0 Å². The van der Waals surface area contributed by atoms with Gasteiger partial charge < -0.3 is 14.6 Å². The summed E-state index contributed by atoms with van der Waals surface area (Å²) in [4.78, 5) is 42.4. The van der Waals surface area contributed by atoms with Gasteiger partial charge in [0.2, 0.25) is 5.91 Å². The minimum atomic E-state index is -0.515. The van der Waals surface area contributed by atoms with Crippen LogP contribution in [0.15, 0.2) is 9.59 Å². The Morgan fingerprint density at radius 3 is 2.86 bits per heavy atom. The van der Waals surface area contributed by atoms with Crippen molar-refractivity contribution in [1.82, 2.24) is 14.9 Å². The predicted octanol–water partition coefficient (Wildman–Crippen LogP) is -0.627. The molecule has 7 heteroatoms. The monoisotopic (exact) mass is 291 g/mol. The number of aromatic nitrogens is 2. The maximum Gasteiger partial charge on any atom is 0.325 e. The molecule has 1 aromatic heterocycles. The number of hydrogen-bond donors (Lipinski definition) is 2. The van der Waals surface area contributed by atoms with Crippen LogP contribution in [0.5, 0.6) is 0 Å². The lowest BCUT2D eigenvalue weighted by atomic mass is 9.80. The molecule has 0 aromatic carbocycles. The summed E-state index contributed by atoms with van der Waals surface area (Å²) in [7, 11) is 1.69. The average Bonchev–Trinajstić information content (AvgIpc) is 3.04. The van der Waals surface area contributed by atoms with Crippen LogP contribution < -0.4 is 11.2 Å². The number of rotatable bonds is 2. The Morgan fingerprint density at radius 2 is 2.14 bits per heavy atom. The van der Waals surface area contributed by atoms with Gasteiger partial charge in [-0.3, -0.25) is 14.6 Å². The fourth-order valence-corrected chi connectivity index (χ4v) is 3.94. The summed E-state index contributed by atoms with van der Waals surface area (Å²) in [5.41, 5.74) is 0.0797. The summed E-state index contributed by atoms with van der Waals surface area (Å²) in [6, 6.07) is 0. The van der Waals surface area contributed by atoms with E-state index in [0.717, 1.165) is 12.8 Å². The summed E-state index contributed by atoms with van der Waals surface area (Å²) in [5, 5.41) is 0. The Hall–Kier alpha value is -1.89. The van der Waals surface area contributed by atoms with Crippen LogP contribution in [0.1, 0.15) is 24.1 Å². The normalized spacial score (nSPS) is 32.9. The van der Waals surface area contributed by atoms with E-state index < -0.39 is 5.69 Å². The molecule has 4 rings (SSSR count). The van der Waals surface area contributed by atoms with Gasteiger partial charge in [0.15, 0.2) is 0 Å². The van der Waals surface area contributed by atoms with Crippen molar-refractivity contribution in [3.8, 4) is 0 Å². The van der Waals surface area contributed by atoms with E-state index in [1.165, 1.54) is 0 Å². The van der Waals surface area contributed by atoms with Crippen LogP contribution in [-0.4, -0.2) is 40.5 Å². The van der Waals surface area contributed by atoms with Crippen molar-refractivity contribution in [3.63, 3.8) is 0 Å². The summed E-state index contributed by atoms with van der Waals surface area (Å²) in [6.45, 7) is 0.854. The van der Waals surface area contributed by atoms with Crippen molar-refractivity contribution in [2.45, 2.75) is 31.9 Å². The van der Waals surface area contributed by atoms with Crippen LogP contribution >= 0.6 is 0 Å². The average molecular weight is 291 g/mol. The smallest absolute Gasteiger partial charge is 0.325 e. The molecule has 2 heterocycles. The van der Waals surface area contributed by atoms with Crippen LogP contribution in [0.2, 0.25) is 0 Å². The summed E-state index contributed by atoms with van der Waals surface area (Å²) >= 11 is 0. The molecule has 3 atom stereocenters. The van der Waals surface area contributed by atoms with E-state index in [1.54, 1.807) is 12.0 Å². The van der Waals surface area contributed by atoms with Gasteiger partial charge in [-0.25, -0.2) is 4.79 Å². The number of carbonyl (C=O) groups is 1. The quantitative estimate of drug-likeness (QED) is 0.758. The number of fused-ring (bicyclic) bond motifs is 2. The molecule has 2 aliphatic carbocycles. The van der Waals surface area contributed by atoms with Crippen LogP contribution in [0, 0.1) is 11.3 Å². The number of methoxy groups -OCH3 is 1. The van der Waals surface area contributed by atoms with Crippen LogP contribution in [-0.2, 0) is 22.5 Å². The first-order chi connectivity index (χ1) is 10.0. The van der Waals surface area contributed by atoms with Crippen molar-refractivity contribution in [2.24, 2.45) is 11.3 Å². The lowest BCUT2D eigenvalue weighted by molar-refractivity contribution is -0.146. The van der Waals surface area contributed by atoms with E-state index in [-0.39, 0.29) is 23.0 Å². The number of aromatic amines is 2. The van der Waals surface area contributed by atoms with Crippen molar-refractivity contribution < 1.29 is 9.53 Å². The second-order valence-corrected chi connectivity index (χ2v) is 6.29. The highest BCUT2D eigenvalue weighted by molar-refractivity contribution is 5.88. The number of amides is 1. The lowest BCUT2D eigenvalue weighted by Crippen LogP contribution is -2.49. The number of ether oxygens (including phenoxy) is 1. The fourth-order valence-electron chi connectivity index (χ4n) is 3.94. The first kappa shape index (κ1) is 12.8. The molecule has 1 aliphatic heterocycles. The maximum absolute atomic E-state index is 12.7. The molecule has 0 bridgehead atoms. The molecule has 0 radical (unpaired) electrons. The zero-order valence-corrected chi connectivity index (χ0v) is 11.8. The van der Waals surface area contributed by atoms with Gasteiger partial charge in [-0.05, 0) is 19.3 Å². The topological polar surface area (TPSA) is 95.3 Å². The minimum Gasteiger partial charge on any atom is -0.381 e. The molecule has 7 nitrogen and oxygen atoms in total. The van der Waals surface area contributed by atoms with Gasteiger partial charge in [-0.15, -0.1) is 0 Å². The third kappa shape index (κ3) is 1.67. The van der Waals surface area contributed by atoms with Gasteiger partial charge in [-0.1, -0.05) is 0 Å². The highest BCUT2D eigenvalue weighted by Gasteiger charge is 2.72. The van der Waals surface area contributed by atoms with Gasteiger partial charge in [0, 0.05) is 30.8 Å². The second-order valence-electron chi connectivity index (χ2n) is 6.29. The third-order valence-corrected chi connectivity index (χ3v) is 5.27. The van der Waals surface area contributed by atoms with Crippen LogP contribution in [0.4, 0.5) is 0 Å². The van der Waals surface area contributed by atoms with Crippen molar-refractivity contribution in [3.05, 3.63) is 32.1 Å². The molecule has 0 unspecified atom stereocenters. The summed E-state index contributed by atoms with van der Waals surface area (Å²) in [5.74, 6) is 0.502. The molecular weight excluding hydrogens is 274 g/mol. The third-order valence-electron chi connectivity index (χ3n) is 5.27. The zero-order valence-electron chi connectivity index (χ0n) is 11.8. The Morgan fingerprint density at radius 1 is 1.33 bits per heavy atom. The van der Waals surface area contributed by atoms with Gasteiger partial charge in [0.05, 0.1) is 18.1 Å². The molecule has 0 spiro atoms. The molecular formula is C14H17N3O4. The Labute approximate surface area is 120 Å². The van der Waals surface area contributed by atoms with Crippen molar-refractivity contribution in [1.29, 1.82) is 0 Å². The van der Waals surface area contributed by atoms with Crippen molar-refractivity contribution in [2.75, 3.05) is 13.7 Å². The zero-order chi connectivity index (χ0) is 14.8. The molecule has 112 valence electrons. The number of carbonyl (C=O) groups excluding carboxylic acids is 1. The van der Waals surface area contributed by atoms with E-state index in [2.05, 4.69) is 9.97 Å². The SMILES string of the molecule is CO[C@@H]1C[C@@]2(C(=O)N3CCc4c([nH]c(=O)[nH]c4=O)C3)C[C@@H]12. The molecule has 1 amide bonds.